The Bertz CT molecular complexity index is 1260. The van der Waals surface area contributed by atoms with Crippen LogP contribution in [0.25, 0.3) is 5.69 Å². The van der Waals surface area contributed by atoms with Crippen molar-refractivity contribution in [2.45, 2.75) is 27.7 Å². The molecule has 7 nitrogen and oxygen atoms in total. The second kappa shape index (κ2) is 9.40. The molecule has 0 saturated carbocycles. The Morgan fingerprint density at radius 2 is 1.75 bits per heavy atom. The number of sulfonamides is 1. The molecule has 1 amide bonds. The molecular weight excluding hydrogens is 424 g/mol. The zero-order valence-electron chi connectivity index (χ0n) is 19.0. The molecule has 1 heterocycles. The van der Waals surface area contributed by atoms with Crippen LogP contribution in [0.15, 0.2) is 59.7 Å². The number of carbonyl (C=O) groups is 1. The lowest BCUT2D eigenvalue weighted by molar-refractivity contribution is -0.119. The molecule has 2 aromatic carbocycles. The largest absolute Gasteiger partial charge is 0.318 e. The van der Waals surface area contributed by atoms with Gasteiger partial charge in [-0.1, -0.05) is 35.9 Å². The van der Waals surface area contributed by atoms with Crippen molar-refractivity contribution >= 4 is 27.8 Å². The topological polar surface area (TPSA) is 83.8 Å². The maximum atomic E-state index is 12.4. The van der Waals surface area contributed by atoms with Crippen molar-refractivity contribution in [2.75, 3.05) is 17.1 Å². The molecule has 32 heavy (non-hydrogen) atoms. The molecular formula is C24H28N4O3S. The fourth-order valence-electron chi connectivity index (χ4n) is 3.68. The van der Waals surface area contributed by atoms with Crippen LogP contribution < -0.4 is 9.73 Å². The number of rotatable bonds is 7. The molecule has 0 aliphatic heterocycles. The highest BCUT2D eigenvalue weighted by Crippen LogP contribution is 2.23. The minimum Gasteiger partial charge on any atom is -0.318 e. The Morgan fingerprint density at radius 3 is 2.38 bits per heavy atom. The van der Waals surface area contributed by atoms with E-state index in [0.717, 1.165) is 33.2 Å². The lowest BCUT2D eigenvalue weighted by Gasteiger charge is -2.21. The first-order chi connectivity index (χ1) is 15.1. The summed E-state index contributed by atoms with van der Waals surface area (Å²) in [5, 5.41) is 4.06. The second-order valence-corrected chi connectivity index (χ2v) is 9.76. The Morgan fingerprint density at radius 1 is 1.06 bits per heavy atom. The van der Waals surface area contributed by atoms with Crippen molar-refractivity contribution in [3.05, 3.63) is 82.7 Å². The monoisotopic (exact) mass is 452 g/mol. The van der Waals surface area contributed by atoms with Gasteiger partial charge in [0.2, 0.25) is 10.0 Å². The van der Waals surface area contributed by atoms with Crippen LogP contribution in [0.5, 0.6) is 0 Å². The number of hydrazone groups is 1. The Balaban J connectivity index is 1.75. The molecule has 8 heteroatoms. The number of hydrogen-bond acceptors (Lipinski definition) is 4. The fourth-order valence-corrected chi connectivity index (χ4v) is 4.54. The maximum Gasteiger partial charge on any atom is 0.260 e. The summed E-state index contributed by atoms with van der Waals surface area (Å²) in [5.74, 6) is -0.529. The normalized spacial score (nSPS) is 11.7. The van der Waals surface area contributed by atoms with E-state index in [1.54, 1.807) is 36.5 Å². The second-order valence-electron chi connectivity index (χ2n) is 7.85. The van der Waals surface area contributed by atoms with Crippen molar-refractivity contribution in [1.82, 2.24) is 9.99 Å². The smallest absolute Gasteiger partial charge is 0.260 e. The lowest BCUT2D eigenvalue weighted by Crippen LogP contribution is -2.38. The number of amides is 1. The summed E-state index contributed by atoms with van der Waals surface area (Å²) in [4.78, 5) is 12.4. The molecule has 168 valence electrons. The lowest BCUT2D eigenvalue weighted by atomic mass is 10.1. The van der Waals surface area contributed by atoms with Gasteiger partial charge in [0.15, 0.2) is 0 Å². The van der Waals surface area contributed by atoms with Crippen molar-refractivity contribution in [2.24, 2.45) is 5.10 Å². The SMILES string of the molecule is Cc1ccc(-n2c(C)cc(/C=N/NC(=O)CN(c3ccccc3)S(C)(=O)=O)c2C)c(C)c1. The fraction of sp³-hybridized carbons (Fsp3) is 0.250. The number of benzene rings is 2. The first-order valence-corrected chi connectivity index (χ1v) is 12.0. The van der Waals surface area contributed by atoms with Crippen LogP contribution in [-0.4, -0.2) is 37.9 Å². The van der Waals surface area contributed by atoms with E-state index < -0.39 is 15.9 Å². The molecule has 0 aliphatic rings. The number of carbonyl (C=O) groups excluding carboxylic acids is 1. The van der Waals surface area contributed by atoms with Crippen LogP contribution in [0, 0.1) is 27.7 Å². The number of nitrogens with zero attached hydrogens (tertiary/aromatic N) is 3. The van der Waals surface area contributed by atoms with Gasteiger partial charge in [-0.25, -0.2) is 13.8 Å². The van der Waals surface area contributed by atoms with Crippen LogP contribution in [0.2, 0.25) is 0 Å². The van der Waals surface area contributed by atoms with Crippen LogP contribution in [0.4, 0.5) is 5.69 Å². The summed E-state index contributed by atoms with van der Waals surface area (Å²) in [5.41, 5.74) is 9.24. The van der Waals surface area contributed by atoms with E-state index in [9.17, 15) is 13.2 Å². The Labute approximate surface area is 189 Å². The van der Waals surface area contributed by atoms with E-state index in [0.29, 0.717) is 5.69 Å². The van der Waals surface area contributed by atoms with Gasteiger partial charge in [-0.2, -0.15) is 5.10 Å². The van der Waals surface area contributed by atoms with Gasteiger partial charge in [0.25, 0.3) is 5.91 Å². The summed E-state index contributed by atoms with van der Waals surface area (Å²) >= 11 is 0. The number of anilines is 1. The molecule has 0 fully saturated rings. The molecule has 3 rings (SSSR count). The molecule has 0 bridgehead atoms. The number of hydrogen-bond donors (Lipinski definition) is 1. The van der Waals surface area contributed by atoms with Gasteiger partial charge in [0.1, 0.15) is 6.54 Å². The summed E-state index contributed by atoms with van der Waals surface area (Å²) < 4.78 is 27.5. The van der Waals surface area contributed by atoms with Crippen LogP contribution in [0.1, 0.15) is 28.1 Å². The van der Waals surface area contributed by atoms with Gasteiger partial charge in [0.05, 0.1) is 18.2 Å². The van der Waals surface area contributed by atoms with Crippen LogP contribution >= 0.6 is 0 Å². The molecule has 1 aromatic heterocycles. The first kappa shape index (κ1) is 23.3. The van der Waals surface area contributed by atoms with E-state index in [1.807, 2.05) is 19.9 Å². The van der Waals surface area contributed by atoms with Gasteiger partial charge in [0, 0.05) is 22.6 Å². The molecule has 1 N–H and O–H groups in total. The van der Waals surface area contributed by atoms with E-state index in [-0.39, 0.29) is 6.54 Å². The minimum atomic E-state index is -3.62. The predicted molar refractivity (Wildman–Crippen MR) is 129 cm³/mol. The van der Waals surface area contributed by atoms with Gasteiger partial charge in [-0.05, 0) is 57.5 Å². The van der Waals surface area contributed by atoms with E-state index >= 15 is 0 Å². The van der Waals surface area contributed by atoms with Crippen LogP contribution in [-0.2, 0) is 14.8 Å². The zero-order chi connectivity index (χ0) is 23.5. The van der Waals surface area contributed by atoms with E-state index in [4.69, 9.17) is 0 Å². The molecule has 0 unspecified atom stereocenters. The van der Waals surface area contributed by atoms with Gasteiger partial charge in [-0.15, -0.1) is 0 Å². The summed E-state index contributed by atoms with van der Waals surface area (Å²) in [6, 6.07) is 16.8. The minimum absolute atomic E-state index is 0.359. The Kier molecular flexibility index (Phi) is 6.84. The molecule has 0 atom stereocenters. The standard InChI is InChI=1S/C24H28N4O3S/c1-17-11-12-23(18(2)13-17)28-19(3)14-21(20(28)4)15-25-26-24(29)16-27(32(5,30)31)22-9-7-6-8-10-22/h6-15H,16H2,1-5H3,(H,26,29)/b25-15+. The van der Waals surface area contributed by atoms with E-state index in [2.05, 4.69) is 47.1 Å². The molecule has 0 saturated heterocycles. The van der Waals surface area contributed by atoms with Gasteiger partial charge in [-0.3, -0.25) is 9.10 Å². The summed E-state index contributed by atoms with van der Waals surface area (Å²) in [6.45, 7) is 7.80. The number of aryl methyl sites for hydroxylation is 3. The quantitative estimate of drug-likeness (QED) is 0.439. The van der Waals surface area contributed by atoms with Crippen molar-refractivity contribution < 1.29 is 13.2 Å². The van der Waals surface area contributed by atoms with Crippen molar-refractivity contribution in [3.8, 4) is 5.69 Å². The molecule has 0 radical (unpaired) electrons. The molecule has 0 aliphatic carbocycles. The maximum absolute atomic E-state index is 12.4. The highest BCUT2D eigenvalue weighted by molar-refractivity contribution is 7.92. The predicted octanol–water partition coefficient (Wildman–Crippen LogP) is 3.63. The Hall–Kier alpha value is -3.39. The average molecular weight is 453 g/mol. The highest BCUT2D eigenvalue weighted by atomic mass is 32.2. The zero-order valence-corrected chi connectivity index (χ0v) is 19.8. The first-order valence-electron chi connectivity index (χ1n) is 10.2. The molecule has 0 spiro atoms. The van der Waals surface area contributed by atoms with Gasteiger partial charge >= 0.3 is 0 Å². The number of aromatic nitrogens is 1. The number of nitrogens with one attached hydrogen (secondary N) is 1. The third kappa shape index (κ3) is 5.26. The average Bonchev–Trinajstić information content (AvgIpc) is 2.99. The van der Waals surface area contributed by atoms with Crippen LogP contribution in [0.3, 0.4) is 0 Å². The van der Waals surface area contributed by atoms with Crippen molar-refractivity contribution in [3.63, 3.8) is 0 Å². The van der Waals surface area contributed by atoms with Crippen molar-refractivity contribution in [1.29, 1.82) is 0 Å². The summed E-state index contributed by atoms with van der Waals surface area (Å²) in [7, 11) is -3.62. The third-order valence-electron chi connectivity index (χ3n) is 5.19. The molecule has 3 aromatic rings. The third-order valence-corrected chi connectivity index (χ3v) is 6.33. The van der Waals surface area contributed by atoms with E-state index in [1.165, 1.54) is 11.1 Å². The summed E-state index contributed by atoms with van der Waals surface area (Å²) in [6.07, 6.45) is 2.64. The number of para-hydroxylation sites is 1. The highest BCUT2D eigenvalue weighted by Gasteiger charge is 2.20. The van der Waals surface area contributed by atoms with Gasteiger partial charge < -0.3 is 4.57 Å².